The molecule has 2 nitrogen and oxygen atoms in total. The van der Waals surface area contributed by atoms with Crippen molar-refractivity contribution < 1.29 is 0 Å². The average molecular weight is 206 g/mol. The molecule has 1 atom stereocenters. The van der Waals surface area contributed by atoms with Crippen LogP contribution in [0.15, 0.2) is 24.3 Å². The van der Waals surface area contributed by atoms with Crippen LogP contribution in [0.1, 0.15) is 17.8 Å². The Morgan fingerprint density at radius 3 is 2.93 bits per heavy atom. The zero-order valence-corrected chi connectivity index (χ0v) is 9.27. The predicted molar refractivity (Wildman–Crippen MR) is 62.0 cm³/mol. The molecule has 0 amide bonds. The lowest BCUT2D eigenvalue weighted by molar-refractivity contribution is 0.675. The van der Waals surface area contributed by atoms with E-state index in [2.05, 4.69) is 35.4 Å². The second kappa shape index (κ2) is 4.07. The fourth-order valence-corrected chi connectivity index (χ4v) is 2.51. The fraction of sp³-hybridized carbons (Fsp3) is 0.364. The fourth-order valence-electron chi connectivity index (χ4n) is 1.49. The third-order valence-corrected chi connectivity index (χ3v) is 3.51. The number of aromatic nitrogens is 1. The molecule has 2 aromatic rings. The maximum atomic E-state index is 4.61. The molecule has 1 unspecified atom stereocenters. The molecule has 0 saturated heterocycles. The molecule has 74 valence electrons. The van der Waals surface area contributed by atoms with Crippen LogP contribution in [-0.2, 0) is 0 Å². The predicted octanol–water partition coefficient (Wildman–Crippen LogP) is 2.62. The van der Waals surface area contributed by atoms with E-state index in [1.807, 2.05) is 13.1 Å². The van der Waals surface area contributed by atoms with Gasteiger partial charge in [-0.25, -0.2) is 4.98 Å². The number of benzene rings is 1. The molecule has 1 aromatic carbocycles. The standard InChI is InChI=1S/C11H14N2S/c1-8(7-12-2)11-13-9-5-3-4-6-10(9)14-11/h3-6,8,12H,7H2,1-2H3. The lowest BCUT2D eigenvalue weighted by atomic mass is 10.2. The maximum Gasteiger partial charge on any atom is 0.0979 e. The van der Waals surface area contributed by atoms with E-state index >= 15 is 0 Å². The number of hydrogen-bond acceptors (Lipinski definition) is 3. The van der Waals surface area contributed by atoms with Crippen LogP contribution in [0, 0.1) is 0 Å². The lowest BCUT2D eigenvalue weighted by Gasteiger charge is -2.05. The Morgan fingerprint density at radius 1 is 1.43 bits per heavy atom. The van der Waals surface area contributed by atoms with E-state index in [0.29, 0.717) is 5.92 Å². The van der Waals surface area contributed by atoms with E-state index in [9.17, 15) is 0 Å². The van der Waals surface area contributed by atoms with Crippen molar-refractivity contribution >= 4 is 21.6 Å². The molecular weight excluding hydrogens is 192 g/mol. The Labute approximate surface area is 88.0 Å². The topological polar surface area (TPSA) is 24.9 Å². The molecule has 3 heteroatoms. The monoisotopic (exact) mass is 206 g/mol. The van der Waals surface area contributed by atoms with E-state index in [1.54, 1.807) is 11.3 Å². The minimum Gasteiger partial charge on any atom is -0.319 e. The summed E-state index contributed by atoms with van der Waals surface area (Å²) in [5.74, 6) is 0.498. The summed E-state index contributed by atoms with van der Waals surface area (Å²) in [6, 6.07) is 8.30. The smallest absolute Gasteiger partial charge is 0.0979 e. The van der Waals surface area contributed by atoms with Gasteiger partial charge in [0, 0.05) is 12.5 Å². The molecule has 2 rings (SSSR count). The van der Waals surface area contributed by atoms with Crippen LogP contribution >= 0.6 is 11.3 Å². The zero-order valence-electron chi connectivity index (χ0n) is 8.45. The van der Waals surface area contributed by atoms with Crippen molar-refractivity contribution in [1.29, 1.82) is 0 Å². The zero-order chi connectivity index (χ0) is 9.97. The van der Waals surface area contributed by atoms with Crippen LogP contribution in [0.3, 0.4) is 0 Å². The van der Waals surface area contributed by atoms with Crippen LogP contribution in [0.2, 0.25) is 0 Å². The normalized spacial score (nSPS) is 13.3. The van der Waals surface area contributed by atoms with Crippen molar-refractivity contribution in [3.05, 3.63) is 29.3 Å². The first-order valence-corrected chi connectivity index (χ1v) is 5.63. The van der Waals surface area contributed by atoms with Crippen molar-refractivity contribution in [3.63, 3.8) is 0 Å². The number of thiazole rings is 1. The first-order valence-electron chi connectivity index (χ1n) is 4.81. The van der Waals surface area contributed by atoms with Crippen LogP contribution < -0.4 is 5.32 Å². The third kappa shape index (κ3) is 1.79. The van der Waals surface area contributed by atoms with Crippen LogP contribution in [0.4, 0.5) is 0 Å². The highest BCUT2D eigenvalue weighted by atomic mass is 32.1. The summed E-state index contributed by atoms with van der Waals surface area (Å²) in [7, 11) is 1.98. The van der Waals surface area contributed by atoms with Crippen LogP contribution in [0.25, 0.3) is 10.2 Å². The number of nitrogens with zero attached hydrogens (tertiary/aromatic N) is 1. The number of para-hydroxylation sites is 1. The Morgan fingerprint density at radius 2 is 2.21 bits per heavy atom. The average Bonchev–Trinajstić information content (AvgIpc) is 2.61. The molecule has 0 aliphatic heterocycles. The van der Waals surface area contributed by atoms with Gasteiger partial charge in [-0.15, -0.1) is 11.3 Å². The summed E-state index contributed by atoms with van der Waals surface area (Å²) in [5, 5.41) is 4.40. The van der Waals surface area contributed by atoms with Crippen molar-refractivity contribution in [2.24, 2.45) is 0 Å². The minimum absolute atomic E-state index is 0.498. The Kier molecular flexibility index (Phi) is 2.79. The molecule has 1 N–H and O–H groups in total. The number of nitrogens with one attached hydrogen (secondary N) is 1. The van der Waals surface area contributed by atoms with Gasteiger partial charge >= 0.3 is 0 Å². The largest absolute Gasteiger partial charge is 0.319 e. The van der Waals surface area contributed by atoms with Gasteiger partial charge in [0.05, 0.1) is 15.2 Å². The van der Waals surface area contributed by atoms with Gasteiger partial charge in [-0.05, 0) is 19.2 Å². The van der Waals surface area contributed by atoms with Gasteiger partial charge in [-0.1, -0.05) is 19.1 Å². The number of hydrogen-bond donors (Lipinski definition) is 1. The minimum atomic E-state index is 0.498. The van der Waals surface area contributed by atoms with E-state index in [-0.39, 0.29) is 0 Å². The number of likely N-dealkylation sites (N-methyl/N-ethyl adjacent to an activating group) is 1. The number of rotatable bonds is 3. The number of fused-ring (bicyclic) bond motifs is 1. The molecule has 14 heavy (non-hydrogen) atoms. The second-order valence-electron chi connectivity index (χ2n) is 3.48. The van der Waals surface area contributed by atoms with Crippen LogP contribution in [0.5, 0.6) is 0 Å². The molecule has 0 radical (unpaired) electrons. The van der Waals surface area contributed by atoms with E-state index < -0.39 is 0 Å². The highest BCUT2D eigenvalue weighted by Crippen LogP contribution is 2.26. The van der Waals surface area contributed by atoms with Crippen molar-refractivity contribution in [1.82, 2.24) is 10.3 Å². The van der Waals surface area contributed by atoms with E-state index in [4.69, 9.17) is 0 Å². The summed E-state index contributed by atoms with van der Waals surface area (Å²) < 4.78 is 1.28. The lowest BCUT2D eigenvalue weighted by Crippen LogP contribution is -2.14. The summed E-state index contributed by atoms with van der Waals surface area (Å²) in [6.45, 7) is 3.19. The maximum absolute atomic E-state index is 4.61. The summed E-state index contributed by atoms with van der Waals surface area (Å²) in [5.41, 5.74) is 1.12. The van der Waals surface area contributed by atoms with Crippen molar-refractivity contribution in [2.75, 3.05) is 13.6 Å². The molecule has 0 bridgehead atoms. The third-order valence-electron chi connectivity index (χ3n) is 2.24. The molecular formula is C11H14N2S. The Bertz CT molecular complexity index is 389. The van der Waals surface area contributed by atoms with Gasteiger partial charge in [0.2, 0.25) is 0 Å². The molecule has 0 fully saturated rings. The molecule has 1 heterocycles. The van der Waals surface area contributed by atoms with Crippen molar-refractivity contribution in [3.8, 4) is 0 Å². The van der Waals surface area contributed by atoms with Gasteiger partial charge in [-0.2, -0.15) is 0 Å². The van der Waals surface area contributed by atoms with Crippen LogP contribution in [-0.4, -0.2) is 18.6 Å². The highest BCUT2D eigenvalue weighted by molar-refractivity contribution is 7.18. The van der Waals surface area contributed by atoms with E-state index in [0.717, 1.165) is 12.1 Å². The first-order chi connectivity index (χ1) is 6.81. The quantitative estimate of drug-likeness (QED) is 0.835. The van der Waals surface area contributed by atoms with Gasteiger partial charge in [0.25, 0.3) is 0 Å². The molecule has 0 saturated carbocycles. The summed E-state index contributed by atoms with van der Waals surface area (Å²) in [4.78, 5) is 4.61. The Hall–Kier alpha value is -0.930. The SMILES string of the molecule is CNCC(C)c1nc2ccccc2s1. The Balaban J connectivity index is 2.35. The summed E-state index contributed by atoms with van der Waals surface area (Å²) in [6.07, 6.45) is 0. The molecule has 0 spiro atoms. The van der Waals surface area contributed by atoms with Gasteiger partial charge in [-0.3, -0.25) is 0 Å². The highest BCUT2D eigenvalue weighted by Gasteiger charge is 2.09. The van der Waals surface area contributed by atoms with Gasteiger partial charge < -0.3 is 5.32 Å². The molecule has 0 aliphatic carbocycles. The summed E-state index contributed by atoms with van der Waals surface area (Å²) >= 11 is 1.79. The molecule has 1 aromatic heterocycles. The van der Waals surface area contributed by atoms with Crippen molar-refractivity contribution in [2.45, 2.75) is 12.8 Å². The second-order valence-corrected chi connectivity index (χ2v) is 4.54. The molecule has 0 aliphatic rings. The van der Waals surface area contributed by atoms with Gasteiger partial charge in [0.15, 0.2) is 0 Å². The first kappa shape index (κ1) is 9.62. The van der Waals surface area contributed by atoms with E-state index in [1.165, 1.54) is 9.71 Å². The van der Waals surface area contributed by atoms with Gasteiger partial charge in [0.1, 0.15) is 0 Å².